The van der Waals surface area contributed by atoms with Crippen molar-refractivity contribution in [3.8, 4) is 0 Å². The number of benzene rings is 1. The van der Waals surface area contributed by atoms with Crippen LogP contribution in [0.4, 0.5) is 5.69 Å². The largest absolute Gasteiger partial charge is 0.330 e. The van der Waals surface area contributed by atoms with E-state index in [1.165, 1.54) is 0 Å². The number of amides is 1. The fourth-order valence-corrected chi connectivity index (χ4v) is 2.12. The number of hydrazine groups is 1. The Kier molecular flexibility index (Phi) is 3.98. The van der Waals surface area contributed by atoms with Gasteiger partial charge < -0.3 is 5.73 Å². The maximum Gasteiger partial charge on any atom is 0.241 e. The molecule has 1 aliphatic rings. The maximum atomic E-state index is 11.9. The van der Waals surface area contributed by atoms with Crippen LogP contribution in [0.1, 0.15) is 19.3 Å². The summed E-state index contributed by atoms with van der Waals surface area (Å²) in [6, 6.07) is 10.0. The first-order valence-corrected chi connectivity index (χ1v) is 6.16. The van der Waals surface area contributed by atoms with E-state index in [0.717, 1.165) is 25.1 Å². The Bertz CT molecular complexity index is 366. The third-order valence-electron chi connectivity index (χ3n) is 2.97. The van der Waals surface area contributed by atoms with Crippen LogP contribution in [-0.4, -0.2) is 30.6 Å². The molecule has 17 heavy (non-hydrogen) atoms. The third-order valence-corrected chi connectivity index (χ3v) is 2.97. The molecule has 2 rings (SSSR count). The molecule has 2 N–H and O–H groups in total. The lowest BCUT2D eigenvalue weighted by atomic mass is 10.2. The van der Waals surface area contributed by atoms with E-state index in [1.807, 2.05) is 35.3 Å². The fraction of sp³-hybridized carbons (Fsp3) is 0.462. The number of hydrogen-bond donors (Lipinski definition) is 1. The van der Waals surface area contributed by atoms with Gasteiger partial charge in [-0.05, 0) is 31.5 Å². The summed E-state index contributed by atoms with van der Waals surface area (Å²) in [5, 5.41) is 3.91. The Morgan fingerprint density at radius 1 is 1.24 bits per heavy atom. The molecule has 0 atom stereocenters. The molecule has 1 heterocycles. The van der Waals surface area contributed by atoms with E-state index in [0.29, 0.717) is 19.5 Å². The van der Waals surface area contributed by atoms with Crippen LogP contribution in [0, 0.1) is 0 Å². The van der Waals surface area contributed by atoms with Gasteiger partial charge >= 0.3 is 0 Å². The Hall–Kier alpha value is -1.55. The molecule has 92 valence electrons. The first kappa shape index (κ1) is 11.9. The van der Waals surface area contributed by atoms with Gasteiger partial charge in [-0.1, -0.05) is 18.2 Å². The van der Waals surface area contributed by atoms with Crippen LogP contribution in [0.25, 0.3) is 0 Å². The van der Waals surface area contributed by atoms with Gasteiger partial charge in [0.15, 0.2) is 0 Å². The maximum absolute atomic E-state index is 11.9. The molecule has 4 nitrogen and oxygen atoms in total. The minimum Gasteiger partial charge on any atom is -0.330 e. The molecule has 0 aliphatic carbocycles. The van der Waals surface area contributed by atoms with Crippen molar-refractivity contribution in [1.29, 1.82) is 0 Å². The average Bonchev–Trinajstić information content (AvgIpc) is 2.38. The fourth-order valence-electron chi connectivity index (χ4n) is 2.12. The summed E-state index contributed by atoms with van der Waals surface area (Å²) >= 11 is 0. The summed E-state index contributed by atoms with van der Waals surface area (Å²) in [7, 11) is 0. The van der Waals surface area contributed by atoms with Crippen molar-refractivity contribution in [2.75, 3.05) is 24.6 Å². The van der Waals surface area contributed by atoms with Gasteiger partial charge in [0, 0.05) is 19.5 Å². The van der Waals surface area contributed by atoms with Crippen molar-refractivity contribution in [1.82, 2.24) is 5.01 Å². The molecule has 1 aromatic carbocycles. The molecule has 0 aromatic heterocycles. The summed E-state index contributed by atoms with van der Waals surface area (Å²) in [5.74, 6) is 0.202. The Labute approximate surface area is 102 Å². The van der Waals surface area contributed by atoms with E-state index >= 15 is 0 Å². The quantitative estimate of drug-likeness (QED) is 0.854. The van der Waals surface area contributed by atoms with Crippen molar-refractivity contribution in [2.24, 2.45) is 5.73 Å². The van der Waals surface area contributed by atoms with Gasteiger partial charge in [-0.3, -0.25) is 14.8 Å². The Balaban J connectivity index is 2.14. The highest BCUT2D eigenvalue weighted by Gasteiger charge is 2.25. The van der Waals surface area contributed by atoms with Crippen LogP contribution in [0.15, 0.2) is 30.3 Å². The van der Waals surface area contributed by atoms with Gasteiger partial charge in [0.05, 0.1) is 5.69 Å². The summed E-state index contributed by atoms with van der Waals surface area (Å²) in [4.78, 5) is 11.9. The SMILES string of the molecule is NCCCN1C(=O)CCCN1c1ccccc1. The minimum atomic E-state index is 0.202. The van der Waals surface area contributed by atoms with Crippen molar-refractivity contribution in [3.63, 3.8) is 0 Å². The van der Waals surface area contributed by atoms with E-state index in [-0.39, 0.29) is 5.91 Å². The van der Waals surface area contributed by atoms with Crippen molar-refractivity contribution in [3.05, 3.63) is 30.3 Å². The highest BCUT2D eigenvalue weighted by Crippen LogP contribution is 2.21. The molecular formula is C13H19N3O. The number of hydrogen-bond acceptors (Lipinski definition) is 3. The van der Waals surface area contributed by atoms with Crippen LogP contribution in [-0.2, 0) is 4.79 Å². The Morgan fingerprint density at radius 2 is 2.00 bits per heavy atom. The highest BCUT2D eigenvalue weighted by atomic mass is 16.2. The van der Waals surface area contributed by atoms with Gasteiger partial charge in [0.1, 0.15) is 0 Å². The number of anilines is 1. The molecule has 0 unspecified atom stereocenters. The molecule has 0 spiro atoms. The topological polar surface area (TPSA) is 49.6 Å². The lowest BCUT2D eigenvalue weighted by Crippen LogP contribution is -2.51. The molecule has 1 amide bonds. The van der Waals surface area contributed by atoms with Gasteiger partial charge in [0.2, 0.25) is 5.91 Å². The lowest BCUT2D eigenvalue weighted by Gasteiger charge is -2.40. The predicted octanol–water partition coefficient (Wildman–Crippen LogP) is 1.38. The monoisotopic (exact) mass is 233 g/mol. The molecule has 1 aromatic rings. The molecule has 0 saturated carbocycles. The van der Waals surface area contributed by atoms with Crippen LogP contribution >= 0.6 is 0 Å². The van der Waals surface area contributed by atoms with Crippen molar-refractivity contribution < 1.29 is 4.79 Å². The number of carbonyl (C=O) groups excluding carboxylic acids is 1. The third kappa shape index (κ3) is 2.77. The molecule has 0 radical (unpaired) electrons. The lowest BCUT2D eigenvalue weighted by molar-refractivity contribution is -0.133. The van der Waals surface area contributed by atoms with Crippen LogP contribution in [0.5, 0.6) is 0 Å². The second kappa shape index (κ2) is 5.68. The van der Waals surface area contributed by atoms with E-state index < -0.39 is 0 Å². The van der Waals surface area contributed by atoms with Crippen LogP contribution in [0.2, 0.25) is 0 Å². The summed E-state index contributed by atoms with van der Waals surface area (Å²) < 4.78 is 0. The van der Waals surface area contributed by atoms with Gasteiger partial charge in [-0.25, -0.2) is 0 Å². The van der Waals surface area contributed by atoms with Crippen molar-refractivity contribution in [2.45, 2.75) is 19.3 Å². The predicted molar refractivity (Wildman–Crippen MR) is 68.4 cm³/mol. The van der Waals surface area contributed by atoms with Crippen molar-refractivity contribution >= 4 is 11.6 Å². The standard InChI is InChI=1S/C13H19N3O/c14-9-5-11-16-13(17)8-4-10-15(16)12-6-2-1-3-7-12/h1-3,6-7H,4-5,8-11,14H2. The van der Waals surface area contributed by atoms with E-state index in [2.05, 4.69) is 5.01 Å². The first-order valence-electron chi connectivity index (χ1n) is 6.16. The molecule has 1 saturated heterocycles. The summed E-state index contributed by atoms with van der Waals surface area (Å²) in [6.45, 7) is 2.23. The second-order valence-electron chi connectivity index (χ2n) is 4.22. The number of para-hydroxylation sites is 1. The zero-order chi connectivity index (χ0) is 12.1. The van der Waals surface area contributed by atoms with Crippen LogP contribution in [0.3, 0.4) is 0 Å². The highest BCUT2D eigenvalue weighted by molar-refractivity contribution is 5.79. The minimum absolute atomic E-state index is 0.202. The second-order valence-corrected chi connectivity index (χ2v) is 4.22. The molecule has 0 bridgehead atoms. The number of rotatable bonds is 4. The smallest absolute Gasteiger partial charge is 0.241 e. The van der Waals surface area contributed by atoms with E-state index in [1.54, 1.807) is 0 Å². The average molecular weight is 233 g/mol. The van der Waals surface area contributed by atoms with E-state index in [4.69, 9.17) is 5.73 Å². The Morgan fingerprint density at radius 3 is 2.71 bits per heavy atom. The zero-order valence-corrected chi connectivity index (χ0v) is 10.0. The summed E-state index contributed by atoms with van der Waals surface area (Å²) in [6.07, 6.45) is 2.41. The molecule has 1 aliphatic heterocycles. The molecule has 1 fully saturated rings. The van der Waals surface area contributed by atoms with Crippen LogP contribution < -0.4 is 10.7 Å². The van der Waals surface area contributed by atoms with Gasteiger partial charge in [0.25, 0.3) is 0 Å². The molecular weight excluding hydrogens is 214 g/mol. The zero-order valence-electron chi connectivity index (χ0n) is 10.0. The van der Waals surface area contributed by atoms with Gasteiger partial charge in [-0.15, -0.1) is 0 Å². The number of nitrogens with two attached hydrogens (primary N) is 1. The van der Waals surface area contributed by atoms with Gasteiger partial charge in [-0.2, -0.15) is 0 Å². The molecule has 4 heteroatoms. The summed E-state index contributed by atoms with van der Waals surface area (Å²) in [5.41, 5.74) is 6.60. The van der Waals surface area contributed by atoms with E-state index in [9.17, 15) is 4.79 Å². The first-order chi connectivity index (χ1) is 8.33. The normalized spacial score (nSPS) is 16.4. The number of carbonyl (C=O) groups is 1. The number of nitrogens with zero attached hydrogens (tertiary/aromatic N) is 2.